The lowest BCUT2D eigenvalue weighted by Gasteiger charge is -2.31. The van der Waals surface area contributed by atoms with Crippen LogP contribution in [0.2, 0.25) is 0 Å². The number of rotatable bonds is 4. The van der Waals surface area contributed by atoms with Crippen LogP contribution in [0.1, 0.15) is 43.7 Å². The van der Waals surface area contributed by atoms with Crippen LogP contribution in [0.25, 0.3) is 10.9 Å². The third-order valence-electron chi connectivity index (χ3n) is 4.95. The van der Waals surface area contributed by atoms with Gasteiger partial charge in [0.15, 0.2) is 5.13 Å². The molecule has 1 aliphatic carbocycles. The fraction of sp³-hybridized carbons (Fsp3) is 0.368. The number of anilines is 1. The Bertz CT molecular complexity index is 813. The summed E-state index contributed by atoms with van der Waals surface area (Å²) in [6.45, 7) is 0. The molecule has 0 spiro atoms. The van der Waals surface area contributed by atoms with Crippen LogP contribution in [0.5, 0.6) is 5.75 Å². The van der Waals surface area contributed by atoms with Crippen LogP contribution >= 0.6 is 11.3 Å². The van der Waals surface area contributed by atoms with Crippen molar-refractivity contribution < 1.29 is 5.11 Å². The minimum absolute atomic E-state index is 0.0721. The Labute approximate surface area is 145 Å². The smallest absolute Gasteiger partial charge is 0.183 e. The van der Waals surface area contributed by atoms with E-state index in [1.807, 2.05) is 29.8 Å². The molecule has 1 aliphatic rings. The molecule has 2 N–H and O–H groups in total. The monoisotopic (exact) mass is 339 g/mol. The molecule has 0 saturated heterocycles. The standard InChI is InChI=1S/C19H21N3OS/c23-18-15(9-8-14-7-4-10-20-17(14)18)16(13-5-2-1-3-6-13)22-19-21-11-12-24-19/h4,7-13,16,23H,1-3,5-6H2,(H,21,22). The van der Waals surface area contributed by atoms with E-state index in [0.717, 1.165) is 16.1 Å². The number of phenolic OH excluding ortho intramolecular Hbond substituents is 1. The van der Waals surface area contributed by atoms with Crippen molar-refractivity contribution >= 4 is 27.4 Å². The first-order valence-corrected chi connectivity index (χ1v) is 9.43. The fourth-order valence-electron chi connectivity index (χ4n) is 3.74. The van der Waals surface area contributed by atoms with Crippen molar-refractivity contribution in [3.63, 3.8) is 0 Å². The van der Waals surface area contributed by atoms with E-state index in [0.29, 0.717) is 17.2 Å². The summed E-state index contributed by atoms with van der Waals surface area (Å²) in [5.41, 5.74) is 1.61. The van der Waals surface area contributed by atoms with Gasteiger partial charge in [0.2, 0.25) is 0 Å². The topological polar surface area (TPSA) is 58.0 Å². The predicted octanol–water partition coefficient (Wildman–Crippen LogP) is 5.13. The molecule has 2 heterocycles. The molecule has 0 radical (unpaired) electrons. The van der Waals surface area contributed by atoms with Crippen LogP contribution in [-0.4, -0.2) is 15.1 Å². The maximum Gasteiger partial charge on any atom is 0.183 e. The minimum Gasteiger partial charge on any atom is -0.505 e. The quantitative estimate of drug-likeness (QED) is 0.692. The third kappa shape index (κ3) is 2.96. The van der Waals surface area contributed by atoms with Crippen molar-refractivity contribution in [3.05, 3.63) is 47.6 Å². The van der Waals surface area contributed by atoms with Crippen LogP contribution in [-0.2, 0) is 0 Å². The van der Waals surface area contributed by atoms with Gasteiger partial charge in [0, 0.05) is 28.7 Å². The van der Waals surface area contributed by atoms with Crippen LogP contribution in [0.4, 0.5) is 5.13 Å². The maximum absolute atomic E-state index is 10.9. The maximum atomic E-state index is 10.9. The van der Waals surface area contributed by atoms with Crippen LogP contribution < -0.4 is 5.32 Å². The Kier molecular flexibility index (Phi) is 4.34. The number of fused-ring (bicyclic) bond motifs is 1. The summed E-state index contributed by atoms with van der Waals surface area (Å²) in [4.78, 5) is 8.75. The molecule has 0 bridgehead atoms. The number of pyridine rings is 1. The highest BCUT2D eigenvalue weighted by molar-refractivity contribution is 7.13. The first-order chi connectivity index (χ1) is 11.8. The Hall–Kier alpha value is -2.14. The molecular weight excluding hydrogens is 318 g/mol. The molecule has 124 valence electrons. The molecule has 1 fully saturated rings. The average molecular weight is 339 g/mol. The number of phenols is 1. The van der Waals surface area contributed by atoms with E-state index >= 15 is 0 Å². The summed E-state index contributed by atoms with van der Waals surface area (Å²) in [6, 6.07) is 8.04. The zero-order valence-electron chi connectivity index (χ0n) is 13.5. The number of nitrogens with zero attached hydrogens (tertiary/aromatic N) is 2. The molecule has 3 aromatic rings. The largest absolute Gasteiger partial charge is 0.505 e. The normalized spacial score (nSPS) is 17.0. The highest BCUT2D eigenvalue weighted by Gasteiger charge is 2.28. The Morgan fingerprint density at radius 2 is 1.96 bits per heavy atom. The number of aromatic nitrogens is 2. The van der Waals surface area contributed by atoms with Gasteiger partial charge in [-0.25, -0.2) is 4.98 Å². The number of benzene rings is 1. The van der Waals surface area contributed by atoms with E-state index in [4.69, 9.17) is 0 Å². The van der Waals surface area contributed by atoms with Crippen molar-refractivity contribution in [1.82, 2.24) is 9.97 Å². The van der Waals surface area contributed by atoms with Crippen molar-refractivity contribution in [2.45, 2.75) is 38.1 Å². The van der Waals surface area contributed by atoms with Gasteiger partial charge in [-0.15, -0.1) is 11.3 Å². The van der Waals surface area contributed by atoms with Gasteiger partial charge in [0.05, 0.1) is 6.04 Å². The Morgan fingerprint density at radius 3 is 2.75 bits per heavy atom. The lowest BCUT2D eigenvalue weighted by molar-refractivity contribution is 0.316. The number of hydrogen-bond donors (Lipinski definition) is 2. The third-order valence-corrected chi connectivity index (χ3v) is 5.65. The molecule has 5 heteroatoms. The highest BCUT2D eigenvalue weighted by atomic mass is 32.1. The average Bonchev–Trinajstić information content (AvgIpc) is 3.15. The second kappa shape index (κ2) is 6.77. The molecule has 1 saturated carbocycles. The summed E-state index contributed by atoms with van der Waals surface area (Å²) in [5, 5.41) is 18.3. The molecule has 4 nitrogen and oxygen atoms in total. The molecular formula is C19H21N3OS. The first kappa shape index (κ1) is 15.4. The lowest BCUT2D eigenvalue weighted by atomic mass is 9.80. The summed E-state index contributed by atoms with van der Waals surface area (Å²) in [5.74, 6) is 0.808. The molecule has 24 heavy (non-hydrogen) atoms. The predicted molar refractivity (Wildman–Crippen MR) is 98.5 cm³/mol. The van der Waals surface area contributed by atoms with Gasteiger partial charge in [-0.2, -0.15) is 0 Å². The molecule has 2 aromatic heterocycles. The van der Waals surface area contributed by atoms with Crippen LogP contribution in [0.3, 0.4) is 0 Å². The second-order valence-corrected chi connectivity index (χ2v) is 7.33. The minimum atomic E-state index is 0.0721. The Morgan fingerprint density at radius 1 is 1.08 bits per heavy atom. The zero-order valence-corrected chi connectivity index (χ0v) is 14.3. The van der Waals surface area contributed by atoms with Crippen molar-refractivity contribution in [1.29, 1.82) is 0 Å². The molecule has 4 rings (SSSR count). The van der Waals surface area contributed by atoms with Crippen LogP contribution in [0.15, 0.2) is 42.0 Å². The SMILES string of the molecule is Oc1c(C(Nc2nccs2)C2CCCCC2)ccc2cccnc12. The highest BCUT2D eigenvalue weighted by Crippen LogP contribution is 2.41. The van der Waals surface area contributed by atoms with E-state index in [2.05, 4.69) is 21.4 Å². The number of thiazole rings is 1. The second-order valence-electron chi connectivity index (χ2n) is 6.44. The molecule has 1 aromatic carbocycles. The zero-order chi connectivity index (χ0) is 16.4. The number of nitrogens with one attached hydrogen (secondary N) is 1. The first-order valence-electron chi connectivity index (χ1n) is 8.55. The Balaban J connectivity index is 1.75. The van der Waals surface area contributed by atoms with Gasteiger partial charge in [0.1, 0.15) is 11.3 Å². The fourth-order valence-corrected chi connectivity index (χ4v) is 4.31. The van der Waals surface area contributed by atoms with E-state index in [9.17, 15) is 5.11 Å². The lowest BCUT2D eigenvalue weighted by Crippen LogP contribution is -2.23. The van der Waals surface area contributed by atoms with E-state index in [1.165, 1.54) is 32.1 Å². The molecule has 1 atom stereocenters. The van der Waals surface area contributed by atoms with Crippen LogP contribution in [0, 0.1) is 5.92 Å². The van der Waals surface area contributed by atoms with Gasteiger partial charge in [-0.1, -0.05) is 37.5 Å². The summed E-state index contributed by atoms with van der Waals surface area (Å²) < 4.78 is 0. The van der Waals surface area contributed by atoms with E-state index < -0.39 is 0 Å². The van der Waals surface area contributed by atoms with Crippen molar-refractivity contribution in [3.8, 4) is 5.75 Å². The van der Waals surface area contributed by atoms with Gasteiger partial charge < -0.3 is 10.4 Å². The molecule has 1 unspecified atom stereocenters. The summed E-state index contributed by atoms with van der Waals surface area (Å²) >= 11 is 1.60. The van der Waals surface area contributed by atoms with E-state index in [1.54, 1.807) is 17.5 Å². The van der Waals surface area contributed by atoms with Gasteiger partial charge in [-0.05, 0) is 24.8 Å². The van der Waals surface area contributed by atoms with Gasteiger partial charge >= 0.3 is 0 Å². The summed E-state index contributed by atoms with van der Waals surface area (Å²) in [7, 11) is 0. The molecule has 0 aliphatic heterocycles. The summed E-state index contributed by atoms with van der Waals surface area (Å²) in [6.07, 6.45) is 9.74. The van der Waals surface area contributed by atoms with Crippen molar-refractivity contribution in [2.75, 3.05) is 5.32 Å². The van der Waals surface area contributed by atoms with Gasteiger partial charge in [-0.3, -0.25) is 4.98 Å². The van der Waals surface area contributed by atoms with Gasteiger partial charge in [0.25, 0.3) is 0 Å². The molecule has 0 amide bonds. The number of hydrogen-bond acceptors (Lipinski definition) is 5. The van der Waals surface area contributed by atoms with Crippen molar-refractivity contribution in [2.24, 2.45) is 5.92 Å². The van der Waals surface area contributed by atoms with E-state index in [-0.39, 0.29) is 6.04 Å². The number of aromatic hydroxyl groups is 1.